The van der Waals surface area contributed by atoms with Gasteiger partial charge in [-0.2, -0.15) is 0 Å². The van der Waals surface area contributed by atoms with Crippen LogP contribution in [0.25, 0.3) is 0 Å². The number of carbonyl (C=O) groups is 1. The third-order valence-corrected chi connectivity index (χ3v) is 3.67. The predicted octanol–water partition coefficient (Wildman–Crippen LogP) is 2.25. The van der Waals surface area contributed by atoms with Gasteiger partial charge in [-0.25, -0.2) is 9.18 Å². The Morgan fingerprint density at radius 1 is 1.35 bits per heavy atom. The van der Waals surface area contributed by atoms with E-state index in [1.54, 1.807) is 6.07 Å². The van der Waals surface area contributed by atoms with Crippen LogP contribution in [0.3, 0.4) is 0 Å². The van der Waals surface area contributed by atoms with Gasteiger partial charge in [-0.1, -0.05) is 12.1 Å². The van der Waals surface area contributed by atoms with Gasteiger partial charge in [0.25, 0.3) is 0 Å². The summed E-state index contributed by atoms with van der Waals surface area (Å²) in [4.78, 5) is 11.6. The molecule has 1 aromatic rings. The van der Waals surface area contributed by atoms with Gasteiger partial charge in [-0.05, 0) is 43.4 Å². The van der Waals surface area contributed by atoms with Crippen molar-refractivity contribution < 1.29 is 18.7 Å². The van der Waals surface area contributed by atoms with Gasteiger partial charge in [-0.3, -0.25) is 0 Å². The monoisotopic (exact) mass is 324 g/mol. The van der Waals surface area contributed by atoms with Gasteiger partial charge >= 0.3 is 6.03 Å². The maximum Gasteiger partial charge on any atom is 0.314 e. The topological polar surface area (TPSA) is 59.6 Å². The minimum absolute atomic E-state index is 0.208. The molecule has 1 unspecified atom stereocenters. The molecule has 5 nitrogen and oxygen atoms in total. The lowest BCUT2D eigenvalue weighted by atomic mass is 10.1. The standard InChI is InChI=1S/C17H25FN2O3/c18-15-5-1-4-14(12-15)7-9-20-17(21)19-8-3-10-22-13-16-6-2-11-23-16/h1,4-5,12,16H,2-3,6-11,13H2,(H2,19,20,21). The van der Waals surface area contributed by atoms with E-state index in [-0.39, 0.29) is 18.0 Å². The van der Waals surface area contributed by atoms with Crippen molar-refractivity contribution >= 4 is 6.03 Å². The first-order valence-electron chi connectivity index (χ1n) is 8.19. The van der Waals surface area contributed by atoms with Crippen LogP contribution in [0.1, 0.15) is 24.8 Å². The number of halogens is 1. The van der Waals surface area contributed by atoms with Gasteiger partial charge in [-0.15, -0.1) is 0 Å². The van der Waals surface area contributed by atoms with Gasteiger partial charge in [0.05, 0.1) is 12.7 Å². The number of carbonyl (C=O) groups excluding carboxylic acids is 1. The molecule has 0 aromatic heterocycles. The number of hydrogen-bond donors (Lipinski definition) is 2. The molecule has 2 N–H and O–H groups in total. The van der Waals surface area contributed by atoms with E-state index in [1.807, 2.05) is 6.07 Å². The second-order valence-electron chi connectivity index (χ2n) is 5.63. The average molecular weight is 324 g/mol. The van der Waals surface area contributed by atoms with Crippen molar-refractivity contribution in [2.45, 2.75) is 31.8 Å². The lowest BCUT2D eigenvalue weighted by Crippen LogP contribution is -2.37. The SMILES string of the molecule is O=C(NCCCOCC1CCCO1)NCCc1cccc(F)c1. The first-order chi connectivity index (χ1) is 11.2. The van der Waals surface area contributed by atoms with E-state index in [9.17, 15) is 9.18 Å². The summed E-state index contributed by atoms with van der Waals surface area (Å²) < 4.78 is 24.0. The predicted molar refractivity (Wildman–Crippen MR) is 85.9 cm³/mol. The van der Waals surface area contributed by atoms with Gasteiger partial charge < -0.3 is 20.1 Å². The van der Waals surface area contributed by atoms with Crippen LogP contribution in [-0.4, -0.2) is 45.0 Å². The molecule has 2 amide bonds. The van der Waals surface area contributed by atoms with Crippen molar-refractivity contribution in [1.29, 1.82) is 0 Å². The largest absolute Gasteiger partial charge is 0.379 e. The highest BCUT2D eigenvalue weighted by Gasteiger charge is 2.14. The minimum Gasteiger partial charge on any atom is -0.379 e. The third-order valence-electron chi connectivity index (χ3n) is 3.67. The molecule has 1 aromatic carbocycles. The minimum atomic E-state index is -0.255. The lowest BCUT2D eigenvalue weighted by molar-refractivity contribution is 0.0168. The fourth-order valence-electron chi connectivity index (χ4n) is 2.44. The van der Waals surface area contributed by atoms with Crippen molar-refractivity contribution in [3.63, 3.8) is 0 Å². The Morgan fingerprint density at radius 3 is 3.00 bits per heavy atom. The van der Waals surface area contributed by atoms with Gasteiger partial charge in [0.1, 0.15) is 5.82 Å². The molecular weight excluding hydrogens is 299 g/mol. The molecule has 1 fully saturated rings. The van der Waals surface area contributed by atoms with E-state index in [4.69, 9.17) is 9.47 Å². The van der Waals surface area contributed by atoms with Crippen molar-refractivity contribution in [2.75, 3.05) is 32.9 Å². The molecule has 1 saturated heterocycles. The highest BCUT2D eigenvalue weighted by Crippen LogP contribution is 2.11. The maximum absolute atomic E-state index is 13.0. The molecular formula is C17H25FN2O3. The number of amides is 2. The fraction of sp³-hybridized carbons (Fsp3) is 0.588. The Kier molecular flexibility index (Phi) is 7.83. The van der Waals surface area contributed by atoms with Crippen LogP contribution in [0.4, 0.5) is 9.18 Å². The highest BCUT2D eigenvalue weighted by molar-refractivity contribution is 5.73. The fourth-order valence-corrected chi connectivity index (χ4v) is 2.44. The zero-order valence-corrected chi connectivity index (χ0v) is 13.4. The van der Waals surface area contributed by atoms with Crippen LogP contribution in [0.15, 0.2) is 24.3 Å². The Morgan fingerprint density at radius 2 is 2.22 bits per heavy atom. The summed E-state index contributed by atoms with van der Waals surface area (Å²) in [6, 6.07) is 6.19. The molecule has 0 aliphatic carbocycles. The summed E-state index contributed by atoms with van der Waals surface area (Å²) >= 11 is 0. The zero-order chi connectivity index (χ0) is 16.3. The molecule has 0 bridgehead atoms. The van der Waals surface area contributed by atoms with Crippen molar-refractivity contribution in [3.8, 4) is 0 Å². The van der Waals surface area contributed by atoms with Crippen molar-refractivity contribution in [2.24, 2.45) is 0 Å². The Bertz CT molecular complexity index is 479. The summed E-state index contributed by atoms with van der Waals surface area (Å²) in [6.45, 7) is 3.14. The van der Waals surface area contributed by atoms with Crippen LogP contribution in [-0.2, 0) is 15.9 Å². The van der Waals surface area contributed by atoms with Crippen molar-refractivity contribution in [1.82, 2.24) is 10.6 Å². The number of nitrogens with one attached hydrogen (secondary N) is 2. The second kappa shape index (κ2) is 10.2. The quantitative estimate of drug-likeness (QED) is 0.685. The van der Waals surface area contributed by atoms with E-state index < -0.39 is 0 Å². The van der Waals surface area contributed by atoms with Crippen LogP contribution in [0.5, 0.6) is 0 Å². The van der Waals surface area contributed by atoms with Gasteiger partial charge in [0.2, 0.25) is 0 Å². The first-order valence-corrected chi connectivity index (χ1v) is 8.19. The summed E-state index contributed by atoms with van der Waals surface area (Å²) in [6.07, 6.45) is 3.81. The summed E-state index contributed by atoms with van der Waals surface area (Å²) in [5, 5.41) is 5.53. The molecule has 0 radical (unpaired) electrons. The van der Waals surface area contributed by atoms with Gasteiger partial charge in [0.15, 0.2) is 0 Å². The van der Waals surface area contributed by atoms with E-state index in [0.29, 0.717) is 32.7 Å². The first kappa shape index (κ1) is 17.7. The number of benzene rings is 1. The second-order valence-corrected chi connectivity index (χ2v) is 5.63. The molecule has 1 aliphatic rings. The Labute approximate surface area is 136 Å². The molecule has 6 heteroatoms. The summed E-state index contributed by atoms with van der Waals surface area (Å²) in [5.41, 5.74) is 0.868. The molecule has 2 rings (SSSR count). The van der Waals surface area contributed by atoms with Crippen LogP contribution >= 0.6 is 0 Å². The number of ether oxygens (including phenoxy) is 2. The normalized spacial score (nSPS) is 17.2. The molecule has 1 atom stereocenters. The molecule has 0 saturated carbocycles. The summed E-state index contributed by atoms with van der Waals surface area (Å²) in [5.74, 6) is -0.255. The zero-order valence-electron chi connectivity index (χ0n) is 13.4. The van der Waals surface area contributed by atoms with Gasteiger partial charge in [0, 0.05) is 26.3 Å². The summed E-state index contributed by atoms with van der Waals surface area (Å²) in [7, 11) is 0. The average Bonchev–Trinajstić information content (AvgIpc) is 3.04. The van der Waals surface area contributed by atoms with Crippen molar-refractivity contribution in [3.05, 3.63) is 35.6 Å². The smallest absolute Gasteiger partial charge is 0.314 e. The van der Waals surface area contributed by atoms with E-state index in [2.05, 4.69) is 10.6 Å². The van der Waals surface area contributed by atoms with E-state index in [1.165, 1.54) is 12.1 Å². The molecule has 23 heavy (non-hydrogen) atoms. The number of rotatable bonds is 9. The number of hydrogen-bond acceptors (Lipinski definition) is 3. The molecule has 1 heterocycles. The Balaban J connectivity index is 1.43. The van der Waals surface area contributed by atoms with E-state index in [0.717, 1.165) is 31.4 Å². The third kappa shape index (κ3) is 7.43. The molecule has 1 aliphatic heterocycles. The lowest BCUT2D eigenvalue weighted by Gasteiger charge is -2.10. The molecule has 0 spiro atoms. The van der Waals surface area contributed by atoms with E-state index >= 15 is 0 Å². The van der Waals surface area contributed by atoms with Crippen LogP contribution < -0.4 is 10.6 Å². The van der Waals surface area contributed by atoms with Crippen LogP contribution in [0, 0.1) is 5.82 Å². The molecule has 128 valence electrons. The van der Waals surface area contributed by atoms with Crippen LogP contribution in [0.2, 0.25) is 0 Å². The number of urea groups is 1. The highest BCUT2D eigenvalue weighted by atomic mass is 19.1. The maximum atomic E-state index is 13.0. The Hall–Kier alpha value is -1.66.